The summed E-state index contributed by atoms with van der Waals surface area (Å²) in [4.78, 5) is 12.7. The van der Waals surface area contributed by atoms with Crippen LogP contribution in [0.3, 0.4) is 0 Å². The summed E-state index contributed by atoms with van der Waals surface area (Å²) in [5, 5.41) is 5.17. The minimum Gasteiger partial charge on any atom is -0.349 e. The first-order chi connectivity index (χ1) is 12.3. The van der Waals surface area contributed by atoms with Crippen molar-refractivity contribution in [2.24, 2.45) is 0 Å². The molecule has 0 spiro atoms. The first-order valence-electron chi connectivity index (χ1n) is 8.40. The molecule has 4 nitrogen and oxygen atoms in total. The van der Waals surface area contributed by atoms with E-state index in [1.165, 1.54) is 6.26 Å². The molecule has 0 radical (unpaired) electrons. The lowest BCUT2D eigenvalue weighted by Crippen LogP contribution is -2.28. The number of benzene rings is 3. The minimum absolute atomic E-state index is 0.0685. The number of sulfone groups is 1. The molecule has 0 bridgehead atoms. The average molecular weight is 367 g/mol. The van der Waals surface area contributed by atoms with E-state index < -0.39 is 9.84 Å². The summed E-state index contributed by atoms with van der Waals surface area (Å²) in [7, 11) is -3.22. The predicted octanol–water partition coefficient (Wildman–Crippen LogP) is 3.66. The molecule has 0 saturated carbocycles. The lowest BCUT2D eigenvalue weighted by molar-refractivity contribution is -0.121. The molecule has 0 aromatic heterocycles. The Hall–Kier alpha value is -2.66. The Morgan fingerprint density at radius 1 is 0.962 bits per heavy atom. The van der Waals surface area contributed by atoms with Crippen molar-refractivity contribution < 1.29 is 13.2 Å². The number of nitrogens with one attached hydrogen (secondary N) is 1. The van der Waals surface area contributed by atoms with Crippen molar-refractivity contribution in [3.8, 4) is 0 Å². The average Bonchev–Trinajstić information content (AvgIpc) is 2.61. The summed E-state index contributed by atoms with van der Waals surface area (Å²) in [5.41, 5.74) is 1.85. The molecule has 1 amide bonds. The molecule has 0 aliphatic heterocycles. The largest absolute Gasteiger partial charge is 0.349 e. The third-order valence-corrected chi connectivity index (χ3v) is 5.55. The Morgan fingerprint density at radius 2 is 1.62 bits per heavy atom. The molecule has 0 saturated heterocycles. The van der Waals surface area contributed by atoms with Crippen molar-refractivity contribution in [2.75, 3.05) is 6.26 Å². The summed E-state index contributed by atoms with van der Waals surface area (Å²) in [5.74, 6) is -0.0685. The lowest BCUT2D eigenvalue weighted by atomic mass is 10.0. The van der Waals surface area contributed by atoms with Gasteiger partial charge in [-0.1, -0.05) is 54.6 Å². The molecule has 1 N–H and O–H groups in total. The van der Waals surface area contributed by atoms with Gasteiger partial charge in [0, 0.05) is 6.26 Å². The monoisotopic (exact) mass is 367 g/mol. The van der Waals surface area contributed by atoms with Crippen molar-refractivity contribution >= 4 is 26.5 Å². The SMILES string of the molecule is CC(NC(=O)Cc1cccc2ccccc12)c1ccc(S(C)(=O)=O)cc1. The van der Waals surface area contributed by atoms with Crippen LogP contribution < -0.4 is 5.32 Å². The molecule has 1 unspecified atom stereocenters. The Labute approximate surface area is 153 Å². The van der Waals surface area contributed by atoms with Crippen molar-refractivity contribution in [1.82, 2.24) is 5.32 Å². The van der Waals surface area contributed by atoms with Crippen LogP contribution in [-0.4, -0.2) is 20.6 Å². The van der Waals surface area contributed by atoms with Gasteiger partial charge in [-0.25, -0.2) is 8.42 Å². The number of carbonyl (C=O) groups excluding carboxylic acids is 1. The fourth-order valence-corrected chi connectivity index (χ4v) is 3.63. The Bertz CT molecular complexity index is 1040. The van der Waals surface area contributed by atoms with Gasteiger partial charge in [0.1, 0.15) is 0 Å². The van der Waals surface area contributed by atoms with Crippen molar-refractivity contribution in [1.29, 1.82) is 0 Å². The van der Waals surface area contributed by atoms with Crippen molar-refractivity contribution in [3.63, 3.8) is 0 Å². The smallest absolute Gasteiger partial charge is 0.224 e. The fourth-order valence-electron chi connectivity index (χ4n) is 3.00. The van der Waals surface area contributed by atoms with Crippen LogP contribution in [0.4, 0.5) is 0 Å². The standard InChI is InChI=1S/C21H21NO3S/c1-15(16-10-12-19(13-11-16)26(2,24)25)22-21(23)14-18-8-5-7-17-6-3-4-9-20(17)18/h3-13,15H,14H2,1-2H3,(H,22,23). The molecule has 0 fully saturated rings. The Kier molecular flexibility index (Phi) is 5.09. The Balaban J connectivity index is 1.71. The van der Waals surface area contributed by atoms with Gasteiger partial charge in [-0.2, -0.15) is 0 Å². The number of hydrogen-bond donors (Lipinski definition) is 1. The van der Waals surface area contributed by atoms with Crippen LogP contribution in [0.25, 0.3) is 10.8 Å². The molecule has 134 valence electrons. The first kappa shape index (κ1) is 18.1. The van der Waals surface area contributed by atoms with Gasteiger partial charge in [0.2, 0.25) is 5.91 Å². The molecule has 3 aromatic carbocycles. The molecule has 3 rings (SSSR count). The van der Waals surface area contributed by atoms with Gasteiger partial charge in [0.15, 0.2) is 9.84 Å². The van der Waals surface area contributed by atoms with Gasteiger partial charge in [0.05, 0.1) is 17.4 Å². The van der Waals surface area contributed by atoms with E-state index in [-0.39, 0.29) is 16.8 Å². The van der Waals surface area contributed by atoms with E-state index in [1.807, 2.05) is 49.4 Å². The topological polar surface area (TPSA) is 63.2 Å². The van der Waals surface area contributed by atoms with Gasteiger partial charge in [0.25, 0.3) is 0 Å². The normalized spacial score (nSPS) is 12.7. The van der Waals surface area contributed by atoms with Crippen LogP contribution in [0, 0.1) is 0 Å². The number of amides is 1. The van der Waals surface area contributed by atoms with Gasteiger partial charge < -0.3 is 5.32 Å². The van der Waals surface area contributed by atoms with Gasteiger partial charge in [-0.15, -0.1) is 0 Å². The molecule has 0 heterocycles. The van der Waals surface area contributed by atoms with E-state index in [0.717, 1.165) is 21.9 Å². The number of carbonyl (C=O) groups is 1. The van der Waals surface area contributed by atoms with Gasteiger partial charge in [-0.05, 0) is 41.0 Å². The molecular weight excluding hydrogens is 346 g/mol. The second-order valence-electron chi connectivity index (χ2n) is 6.45. The van der Waals surface area contributed by atoms with E-state index >= 15 is 0 Å². The fraction of sp³-hybridized carbons (Fsp3) is 0.190. The molecule has 0 aliphatic rings. The van der Waals surface area contributed by atoms with E-state index in [4.69, 9.17) is 0 Å². The van der Waals surface area contributed by atoms with Crippen molar-refractivity contribution in [2.45, 2.75) is 24.3 Å². The highest BCUT2D eigenvalue weighted by molar-refractivity contribution is 7.90. The van der Waals surface area contributed by atoms with Crippen LogP contribution in [0.2, 0.25) is 0 Å². The highest BCUT2D eigenvalue weighted by Crippen LogP contribution is 2.20. The highest BCUT2D eigenvalue weighted by Gasteiger charge is 2.13. The molecule has 5 heteroatoms. The van der Waals surface area contributed by atoms with Crippen LogP contribution in [0.5, 0.6) is 0 Å². The molecular formula is C21H21NO3S. The second-order valence-corrected chi connectivity index (χ2v) is 8.46. The van der Waals surface area contributed by atoms with E-state index in [2.05, 4.69) is 5.32 Å². The quantitative estimate of drug-likeness (QED) is 0.748. The maximum atomic E-state index is 12.5. The van der Waals surface area contributed by atoms with Crippen LogP contribution >= 0.6 is 0 Å². The lowest BCUT2D eigenvalue weighted by Gasteiger charge is -2.15. The third-order valence-electron chi connectivity index (χ3n) is 4.42. The van der Waals surface area contributed by atoms with Crippen LogP contribution in [0.15, 0.2) is 71.6 Å². The molecule has 3 aromatic rings. The predicted molar refractivity (Wildman–Crippen MR) is 104 cm³/mol. The number of fused-ring (bicyclic) bond motifs is 1. The summed E-state index contributed by atoms with van der Waals surface area (Å²) >= 11 is 0. The zero-order valence-electron chi connectivity index (χ0n) is 14.8. The molecule has 26 heavy (non-hydrogen) atoms. The molecule has 1 atom stereocenters. The summed E-state index contributed by atoms with van der Waals surface area (Å²) < 4.78 is 23.1. The van der Waals surface area contributed by atoms with Crippen LogP contribution in [0.1, 0.15) is 24.1 Å². The summed E-state index contributed by atoms with van der Waals surface area (Å²) in [6, 6.07) is 20.4. The zero-order valence-corrected chi connectivity index (χ0v) is 15.6. The maximum absolute atomic E-state index is 12.5. The first-order valence-corrected chi connectivity index (χ1v) is 10.3. The minimum atomic E-state index is -3.22. The number of rotatable bonds is 5. The highest BCUT2D eigenvalue weighted by atomic mass is 32.2. The van der Waals surface area contributed by atoms with E-state index in [1.54, 1.807) is 24.3 Å². The Morgan fingerprint density at radius 3 is 2.31 bits per heavy atom. The number of hydrogen-bond acceptors (Lipinski definition) is 3. The van der Waals surface area contributed by atoms with Crippen LogP contribution in [-0.2, 0) is 21.1 Å². The summed E-state index contributed by atoms with van der Waals surface area (Å²) in [6.07, 6.45) is 1.48. The van der Waals surface area contributed by atoms with E-state index in [0.29, 0.717) is 6.42 Å². The second kappa shape index (κ2) is 7.30. The zero-order chi connectivity index (χ0) is 18.7. The van der Waals surface area contributed by atoms with E-state index in [9.17, 15) is 13.2 Å². The summed E-state index contributed by atoms with van der Waals surface area (Å²) in [6.45, 7) is 1.89. The maximum Gasteiger partial charge on any atom is 0.224 e. The van der Waals surface area contributed by atoms with Gasteiger partial charge >= 0.3 is 0 Å². The van der Waals surface area contributed by atoms with Gasteiger partial charge in [-0.3, -0.25) is 4.79 Å². The third kappa shape index (κ3) is 4.11. The molecule has 0 aliphatic carbocycles. The van der Waals surface area contributed by atoms with Crippen molar-refractivity contribution in [3.05, 3.63) is 77.9 Å².